The highest BCUT2D eigenvalue weighted by atomic mass is 16.6. The van der Waals surface area contributed by atoms with Crippen LogP contribution in [0.1, 0.15) is 53.0 Å². The number of nitrogens with one attached hydrogen (secondary N) is 1. The Bertz CT molecular complexity index is 517. The minimum Gasteiger partial charge on any atom is -0.444 e. The Labute approximate surface area is 127 Å². The topological polar surface area (TPSA) is 64.3 Å². The van der Waals surface area contributed by atoms with Crippen molar-refractivity contribution in [2.75, 3.05) is 5.32 Å². The van der Waals surface area contributed by atoms with Gasteiger partial charge in [-0.05, 0) is 65.2 Å². The molecule has 1 aliphatic carbocycles. The predicted octanol–water partition coefficient (Wildman–Crippen LogP) is 3.80. The molecule has 3 N–H and O–H groups in total. The summed E-state index contributed by atoms with van der Waals surface area (Å²) < 4.78 is 5.24. The van der Waals surface area contributed by atoms with Crippen molar-refractivity contribution in [3.8, 4) is 0 Å². The van der Waals surface area contributed by atoms with Crippen LogP contribution in [0.15, 0.2) is 24.3 Å². The molecule has 0 aromatic heterocycles. The summed E-state index contributed by atoms with van der Waals surface area (Å²) in [7, 11) is 0. The van der Waals surface area contributed by atoms with Crippen LogP contribution in [-0.2, 0) is 10.2 Å². The molecule has 0 unspecified atom stereocenters. The van der Waals surface area contributed by atoms with Gasteiger partial charge in [-0.2, -0.15) is 0 Å². The first-order chi connectivity index (χ1) is 9.53. The van der Waals surface area contributed by atoms with Crippen LogP contribution >= 0.6 is 0 Å². The van der Waals surface area contributed by atoms with E-state index >= 15 is 0 Å². The Balaban J connectivity index is 2.05. The first kappa shape index (κ1) is 15.8. The van der Waals surface area contributed by atoms with Crippen molar-refractivity contribution in [3.63, 3.8) is 0 Å². The molecule has 0 saturated heterocycles. The maximum atomic E-state index is 11.7. The van der Waals surface area contributed by atoms with E-state index in [9.17, 15) is 4.79 Å². The second-order valence-corrected chi connectivity index (χ2v) is 7.51. The van der Waals surface area contributed by atoms with E-state index in [-0.39, 0.29) is 11.0 Å². The average molecular weight is 290 g/mol. The second kappa shape index (κ2) is 5.02. The third-order valence-corrected chi connectivity index (χ3v) is 4.07. The van der Waals surface area contributed by atoms with Gasteiger partial charge in [-0.15, -0.1) is 0 Å². The summed E-state index contributed by atoms with van der Waals surface area (Å²) in [6, 6.07) is 7.92. The van der Waals surface area contributed by atoms with E-state index in [4.69, 9.17) is 10.5 Å². The Morgan fingerprint density at radius 3 is 2.05 bits per heavy atom. The maximum absolute atomic E-state index is 11.7. The van der Waals surface area contributed by atoms with Gasteiger partial charge >= 0.3 is 6.09 Å². The number of rotatable bonds is 3. The fraction of sp³-hybridized carbons (Fsp3) is 0.588. The van der Waals surface area contributed by atoms with Crippen molar-refractivity contribution < 1.29 is 9.53 Å². The molecule has 2 rings (SSSR count). The number of carbonyl (C=O) groups is 1. The molecular weight excluding hydrogens is 264 g/mol. The molecule has 1 aromatic carbocycles. The number of carbonyl (C=O) groups excluding carboxylic acids is 1. The lowest BCUT2D eigenvalue weighted by molar-refractivity contribution is 0.0636. The molecule has 1 aliphatic rings. The minimum absolute atomic E-state index is 0.0808. The maximum Gasteiger partial charge on any atom is 0.412 e. The van der Waals surface area contributed by atoms with Gasteiger partial charge in [0.25, 0.3) is 0 Å². The lowest BCUT2D eigenvalue weighted by Gasteiger charge is -2.31. The molecule has 0 heterocycles. The van der Waals surface area contributed by atoms with E-state index in [0.717, 1.165) is 18.5 Å². The number of benzene rings is 1. The third kappa shape index (κ3) is 3.56. The zero-order valence-corrected chi connectivity index (χ0v) is 13.6. The molecule has 0 atom stereocenters. The van der Waals surface area contributed by atoms with Crippen molar-refractivity contribution in [3.05, 3.63) is 29.8 Å². The van der Waals surface area contributed by atoms with Gasteiger partial charge in [-0.25, -0.2) is 4.79 Å². The molecule has 116 valence electrons. The van der Waals surface area contributed by atoms with Crippen molar-refractivity contribution in [2.45, 2.75) is 64.0 Å². The number of amides is 1. The number of hydrogen-bond acceptors (Lipinski definition) is 3. The van der Waals surface area contributed by atoms with Gasteiger partial charge in [0.2, 0.25) is 0 Å². The Kier molecular flexibility index (Phi) is 3.79. The van der Waals surface area contributed by atoms with Crippen LogP contribution < -0.4 is 11.1 Å². The number of anilines is 1. The van der Waals surface area contributed by atoms with Gasteiger partial charge in [0.1, 0.15) is 5.60 Å². The fourth-order valence-corrected chi connectivity index (χ4v) is 2.72. The molecule has 1 saturated carbocycles. The van der Waals surface area contributed by atoms with Crippen LogP contribution in [0.5, 0.6) is 0 Å². The molecule has 21 heavy (non-hydrogen) atoms. The molecule has 4 nitrogen and oxygen atoms in total. The van der Waals surface area contributed by atoms with Crippen molar-refractivity contribution in [1.82, 2.24) is 0 Å². The molecule has 1 aromatic rings. The SMILES string of the molecule is CC(C)(C)OC(=O)Nc1ccc(C2(C(C)(C)N)CC2)cc1. The number of ether oxygens (including phenoxy) is 1. The van der Waals surface area contributed by atoms with Gasteiger partial charge in [0.05, 0.1) is 0 Å². The van der Waals surface area contributed by atoms with Crippen molar-refractivity contribution in [2.24, 2.45) is 5.73 Å². The quantitative estimate of drug-likeness (QED) is 0.890. The molecule has 4 heteroatoms. The first-order valence-corrected chi connectivity index (χ1v) is 7.43. The molecule has 0 spiro atoms. The largest absolute Gasteiger partial charge is 0.444 e. The van der Waals surface area contributed by atoms with E-state index in [1.807, 2.05) is 45.0 Å². The zero-order chi connectivity index (χ0) is 15.9. The Morgan fingerprint density at radius 2 is 1.67 bits per heavy atom. The van der Waals surface area contributed by atoms with Crippen LogP contribution in [0.2, 0.25) is 0 Å². The van der Waals surface area contributed by atoms with E-state index in [2.05, 4.69) is 19.2 Å². The standard InChI is InChI=1S/C17H26N2O2/c1-15(2,3)21-14(20)19-13-8-6-12(7-9-13)17(10-11-17)16(4,5)18/h6-9H,10-11,18H2,1-5H3,(H,19,20). The van der Waals surface area contributed by atoms with Gasteiger partial charge in [0.15, 0.2) is 0 Å². The van der Waals surface area contributed by atoms with Gasteiger partial charge in [-0.1, -0.05) is 12.1 Å². The van der Waals surface area contributed by atoms with Crippen LogP contribution in [-0.4, -0.2) is 17.2 Å². The summed E-state index contributed by atoms with van der Waals surface area (Å²) in [5.74, 6) is 0. The summed E-state index contributed by atoms with van der Waals surface area (Å²) in [6.45, 7) is 9.68. The number of nitrogens with two attached hydrogens (primary N) is 1. The highest BCUT2D eigenvalue weighted by molar-refractivity contribution is 5.84. The van der Waals surface area contributed by atoms with E-state index in [1.165, 1.54) is 5.56 Å². The lowest BCUT2D eigenvalue weighted by Crippen LogP contribution is -2.45. The molecule has 0 radical (unpaired) electrons. The van der Waals surface area contributed by atoms with Gasteiger partial charge in [0, 0.05) is 16.6 Å². The summed E-state index contributed by atoms with van der Waals surface area (Å²) in [4.78, 5) is 11.7. The number of hydrogen-bond donors (Lipinski definition) is 2. The highest BCUT2D eigenvalue weighted by Crippen LogP contribution is 2.54. The first-order valence-electron chi connectivity index (χ1n) is 7.43. The van der Waals surface area contributed by atoms with Crippen LogP contribution in [0.3, 0.4) is 0 Å². The normalized spacial score (nSPS) is 17.2. The summed E-state index contributed by atoms with van der Waals surface area (Å²) in [5.41, 5.74) is 7.64. The minimum atomic E-state index is -0.494. The molecule has 1 amide bonds. The average Bonchev–Trinajstić information content (AvgIpc) is 3.07. The predicted molar refractivity (Wildman–Crippen MR) is 85.5 cm³/mol. The van der Waals surface area contributed by atoms with Crippen molar-refractivity contribution >= 4 is 11.8 Å². The summed E-state index contributed by atoms with van der Waals surface area (Å²) >= 11 is 0. The van der Waals surface area contributed by atoms with Crippen LogP contribution in [0.4, 0.5) is 10.5 Å². The second-order valence-electron chi connectivity index (χ2n) is 7.51. The Morgan fingerprint density at radius 1 is 1.14 bits per heavy atom. The molecular formula is C17H26N2O2. The fourth-order valence-electron chi connectivity index (χ4n) is 2.72. The summed E-state index contributed by atoms with van der Waals surface area (Å²) in [6.07, 6.45) is 1.81. The van der Waals surface area contributed by atoms with Gasteiger partial charge < -0.3 is 10.5 Å². The monoisotopic (exact) mass is 290 g/mol. The van der Waals surface area contributed by atoms with Crippen molar-refractivity contribution in [1.29, 1.82) is 0 Å². The molecule has 0 aliphatic heterocycles. The summed E-state index contributed by atoms with van der Waals surface area (Å²) in [5, 5.41) is 2.74. The van der Waals surface area contributed by atoms with E-state index < -0.39 is 11.7 Å². The highest BCUT2D eigenvalue weighted by Gasteiger charge is 2.53. The molecule has 0 bridgehead atoms. The third-order valence-electron chi connectivity index (χ3n) is 4.07. The van der Waals surface area contributed by atoms with E-state index in [0.29, 0.717) is 0 Å². The smallest absolute Gasteiger partial charge is 0.412 e. The van der Waals surface area contributed by atoms with Crippen LogP contribution in [0.25, 0.3) is 0 Å². The van der Waals surface area contributed by atoms with E-state index in [1.54, 1.807) is 0 Å². The molecule has 1 fully saturated rings. The Hall–Kier alpha value is -1.55. The van der Waals surface area contributed by atoms with Crippen LogP contribution in [0, 0.1) is 0 Å². The zero-order valence-electron chi connectivity index (χ0n) is 13.6. The van der Waals surface area contributed by atoms with Gasteiger partial charge in [-0.3, -0.25) is 5.32 Å². The lowest BCUT2D eigenvalue weighted by atomic mass is 9.79.